The highest BCUT2D eigenvalue weighted by atomic mass is 16.6. The second-order valence-electron chi connectivity index (χ2n) is 24.1. The predicted octanol–water partition coefficient (Wildman–Crippen LogP) is 20.3. The second-order valence-corrected chi connectivity index (χ2v) is 24.1. The molecule has 0 aromatic heterocycles. The molecule has 120 heavy (non-hydrogen) atoms. The molecule has 20 heteroatoms. The summed E-state index contributed by atoms with van der Waals surface area (Å²) in [5, 5.41) is 29.6. The van der Waals surface area contributed by atoms with Gasteiger partial charge >= 0.3 is 0 Å². The van der Waals surface area contributed by atoms with Crippen molar-refractivity contribution in [3.63, 3.8) is 0 Å². The van der Waals surface area contributed by atoms with Gasteiger partial charge in [0.15, 0.2) is 0 Å². The number of methoxy groups -OCH3 is 1. The molecule has 0 aliphatic carbocycles. The summed E-state index contributed by atoms with van der Waals surface area (Å²) in [5.41, 5.74) is 14.4. The van der Waals surface area contributed by atoms with Crippen molar-refractivity contribution in [1.82, 2.24) is 0 Å². The Kier molecular flexibility index (Phi) is 57.8. The molecule has 10 aromatic rings. The summed E-state index contributed by atoms with van der Waals surface area (Å²) >= 11 is 0. The Hall–Kier alpha value is -15.7. The van der Waals surface area contributed by atoms with Gasteiger partial charge < -0.3 is 19.6 Å². The quantitative estimate of drug-likeness (QED) is 0.0206. The van der Waals surface area contributed by atoms with E-state index in [1.54, 1.807) is 116 Å². The Morgan fingerprint density at radius 3 is 0.900 bits per heavy atom. The van der Waals surface area contributed by atoms with Gasteiger partial charge in [-0.3, -0.25) is 68.2 Å². The van der Waals surface area contributed by atoms with Gasteiger partial charge in [-0.1, -0.05) is 237 Å². The van der Waals surface area contributed by atoms with Gasteiger partial charge in [-0.2, -0.15) is 0 Å². The summed E-state index contributed by atoms with van der Waals surface area (Å²) in [6, 6.07) is 78.1. The van der Waals surface area contributed by atoms with Crippen LogP contribution < -0.4 is 14.5 Å². The molecule has 10 aromatic carbocycles. The largest absolute Gasteiger partial charge is 0.508 e. The molecule has 0 aliphatic rings. The van der Waals surface area contributed by atoms with Gasteiger partial charge in [0.05, 0.1) is 22.5 Å². The lowest BCUT2D eigenvalue weighted by Crippen LogP contribution is -2.21. The molecule has 20 nitrogen and oxygen atoms in total. The van der Waals surface area contributed by atoms with E-state index in [0.29, 0.717) is 24.4 Å². The van der Waals surface area contributed by atoms with E-state index in [1.165, 1.54) is 102 Å². The zero-order valence-electron chi connectivity index (χ0n) is 68.1. The molecule has 0 spiro atoms. The number of non-ortho nitro benzene ring substituents is 1. The third-order valence-electron chi connectivity index (χ3n) is 15.4. The lowest BCUT2D eigenvalue weighted by Gasteiger charge is -2.20. The number of phenolic OH excluding ortho intramolecular Hbond substituents is 1. The van der Waals surface area contributed by atoms with Gasteiger partial charge in [0.2, 0.25) is 0 Å². The number of benzene rings is 10. The number of nitro benzene ring substituents is 2. The minimum atomic E-state index is -0.482. The molecular formula is C100H100N4O16. The molecule has 0 amide bonds. The number of para-hydroxylation sites is 1. The van der Waals surface area contributed by atoms with Gasteiger partial charge in [0.1, 0.15) is 74.4 Å². The zero-order chi connectivity index (χ0) is 88.4. The smallest absolute Gasteiger partial charge is 0.276 e. The normalized spacial score (nSPS) is 10.2. The van der Waals surface area contributed by atoms with E-state index < -0.39 is 9.85 Å². The number of hydrogen-bond donors (Lipinski definition) is 1. The summed E-state index contributed by atoms with van der Waals surface area (Å²) in [4.78, 5) is 124. The van der Waals surface area contributed by atoms with Gasteiger partial charge in [0.25, 0.3) is 11.4 Å². The lowest BCUT2D eigenvalue weighted by atomic mass is 10.1. The Bertz CT molecular complexity index is 4740. The van der Waals surface area contributed by atoms with Crippen molar-refractivity contribution in [2.45, 2.75) is 34.1 Å². The van der Waals surface area contributed by atoms with Gasteiger partial charge in [0, 0.05) is 56.8 Å². The molecule has 0 heterocycles. The summed E-state index contributed by atoms with van der Waals surface area (Å²) in [5.74, 6) is 1.05. The fraction of sp³-hybridized carbons (Fsp3) is 0.100. The van der Waals surface area contributed by atoms with E-state index in [0.717, 1.165) is 125 Å². The molecule has 0 atom stereocenters. The number of phenols is 1. The van der Waals surface area contributed by atoms with Crippen molar-refractivity contribution in [3.8, 4) is 11.5 Å². The molecule has 0 fully saturated rings. The van der Waals surface area contributed by atoms with Crippen LogP contribution >= 0.6 is 0 Å². The molecule has 616 valence electrons. The van der Waals surface area contributed by atoms with Gasteiger partial charge in [-0.25, -0.2) is 0 Å². The maximum Gasteiger partial charge on any atom is 0.276 e. The summed E-state index contributed by atoms with van der Waals surface area (Å²) in [6.45, 7) is 10.5. The fourth-order valence-electron chi connectivity index (χ4n) is 9.24. The molecule has 0 bridgehead atoms. The zero-order valence-corrected chi connectivity index (χ0v) is 68.1. The summed E-state index contributed by atoms with van der Waals surface area (Å²) in [7, 11) is 5.61. The number of carbonyl (C=O) groups excluding carboxylic acids is 10. The monoisotopic (exact) mass is 1610 g/mol. The molecule has 0 saturated carbocycles. The van der Waals surface area contributed by atoms with Crippen LogP contribution in [-0.2, 0) is 54.4 Å². The second kappa shape index (κ2) is 67.8. The molecule has 0 aliphatic heterocycles. The van der Waals surface area contributed by atoms with Crippen molar-refractivity contribution < 1.29 is 67.6 Å². The highest BCUT2D eigenvalue weighted by Crippen LogP contribution is 2.20. The van der Waals surface area contributed by atoms with E-state index in [4.69, 9.17) is 9.84 Å². The molecule has 0 saturated heterocycles. The Morgan fingerprint density at radius 2 is 0.600 bits per heavy atom. The van der Waals surface area contributed by atoms with Crippen molar-refractivity contribution in [3.05, 3.63) is 403 Å². The maximum absolute atomic E-state index is 10.5. The van der Waals surface area contributed by atoms with Crippen LogP contribution in [0.5, 0.6) is 11.5 Å². The van der Waals surface area contributed by atoms with Crippen LogP contribution in [0.1, 0.15) is 87.5 Å². The van der Waals surface area contributed by atoms with E-state index in [1.807, 2.05) is 184 Å². The average Bonchev–Trinajstić information content (AvgIpc) is 0.857. The van der Waals surface area contributed by atoms with Crippen molar-refractivity contribution in [1.29, 1.82) is 0 Å². The highest BCUT2D eigenvalue weighted by molar-refractivity contribution is 5.79. The topological polar surface area (TPSA) is 293 Å². The number of ether oxygens (including phenoxy) is 1. The van der Waals surface area contributed by atoms with Crippen LogP contribution in [0.25, 0.3) is 60.8 Å². The first-order valence-electron chi connectivity index (χ1n) is 37.3. The number of allylic oxidation sites excluding steroid dienone is 10. The third kappa shape index (κ3) is 49.7. The first-order chi connectivity index (χ1) is 58.3. The third-order valence-corrected chi connectivity index (χ3v) is 15.4. The van der Waals surface area contributed by atoms with E-state index in [2.05, 4.69) is 49.9 Å². The van der Waals surface area contributed by atoms with Crippen LogP contribution in [0.2, 0.25) is 0 Å². The van der Waals surface area contributed by atoms with Crippen LogP contribution in [0.3, 0.4) is 0 Å². The number of hydrogen-bond acceptors (Lipinski definition) is 18. The lowest BCUT2D eigenvalue weighted by molar-refractivity contribution is -0.385. The van der Waals surface area contributed by atoms with Crippen LogP contribution in [-0.4, -0.2) is 112 Å². The number of nitro groups is 2. The number of anilines is 2. The van der Waals surface area contributed by atoms with Crippen LogP contribution in [0, 0.1) is 27.2 Å². The van der Waals surface area contributed by atoms with E-state index in [-0.39, 0.29) is 17.1 Å². The molecule has 10 rings (SSSR count). The number of aldehydes is 10. The van der Waals surface area contributed by atoms with Gasteiger partial charge in [-0.15, -0.1) is 0 Å². The molecular weight excluding hydrogens is 1510 g/mol. The number of carbonyl (C=O) groups is 10. The predicted molar refractivity (Wildman–Crippen MR) is 489 cm³/mol. The van der Waals surface area contributed by atoms with E-state index >= 15 is 0 Å². The summed E-state index contributed by atoms with van der Waals surface area (Å²) < 4.78 is 4.98. The maximum atomic E-state index is 10.5. The SMILES string of the molecule is CCN(CC)c1ccc(/C=C/C=O)cc1.CCc1ccc(/C=C/C=O)cc1.CN(C)c1ccc(/C=C/C=O)cc1.COc1ccc(/C=C/C=O)cc1.Cc1ccc(/C=C/C=O)cc1.O=C/C=C/c1ccc(O)cc1.O=C/C=C/c1ccc([N+](=O)[O-])cc1.O=C/C=C/c1ccccc1.O=C/C=C/c1ccccc1.O=C/C=C/c1ccccc1[N+](=O)[O-]. The van der Waals surface area contributed by atoms with Crippen molar-refractivity contribution in [2.75, 3.05) is 44.1 Å². The Morgan fingerprint density at radius 1 is 0.325 bits per heavy atom. The standard InChI is InChI=1S/C13H17NO.C11H13NO.C11H12O.C10H10O2.C10H10O.2C9H7NO3.C9H8O2.2C9H8O/c1-3-14(4-2)13-9-7-12(8-10-13)6-5-11-15;1-12(2)11-7-5-10(6-8-11)4-3-9-13;1-2-10-5-7-11(8-6-10)4-3-9-12;1-12-10-6-4-9(5-7-10)3-2-8-11;1-9-4-6-10(7-5-9)3-2-8-11;11-7-1-2-8-3-5-9(6-4-8)10(12)13;11-7-3-5-8-4-1-2-6-9(8)10(12)13;10-7-1-2-8-3-5-9(11)6-4-8;2*10-8-4-7-9-5-2-1-3-6-9/h5-11H,3-4H2,1-2H3;3-9H,1-2H3;3-9H,2H2,1H3;2-8H,1H3;2-8H,1H3;2*1-7H;1-7,11H;2*1-8H/b6-5+;2*4-3+;2*3-2+;2-1+;5-3+;2-1+;2*7-4+. The first-order valence-corrected chi connectivity index (χ1v) is 37.3. The first kappa shape index (κ1) is 102. The molecule has 0 radical (unpaired) electrons. The molecule has 0 unspecified atom stereocenters. The average molecular weight is 1610 g/mol. The van der Waals surface area contributed by atoms with Crippen molar-refractivity contribution >= 4 is 146 Å². The van der Waals surface area contributed by atoms with Crippen LogP contribution in [0.4, 0.5) is 22.7 Å². The molecule has 1 N–H and O–H groups in total. The van der Waals surface area contributed by atoms with E-state index in [9.17, 15) is 68.2 Å². The summed E-state index contributed by atoms with van der Waals surface area (Å²) in [6.07, 6.45) is 39.9. The number of nitrogens with zero attached hydrogens (tertiary/aromatic N) is 4. The number of rotatable bonds is 28. The number of aryl methyl sites for hydroxylation is 2. The minimum absolute atomic E-state index is 0.000556. The van der Waals surface area contributed by atoms with Crippen LogP contribution in [0.15, 0.2) is 316 Å². The number of aromatic hydroxyl groups is 1. The fourth-order valence-corrected chi connectivity index (χ4v) is 9.24. The van der Waals surface area contributed by atoms with Gasteiger partial charge in [-0.05, 0) is 216 Å². The minimum Gasteiger partial charge on any atom is -0.508 e. The highest BCUT2D eigenvalue weighted by Gasteiger charge is 2.09. The van der Waals surface area contributed by atoms with Crippen molar-refractivity contribution in [2.24, 2.45) is 0 Å². The Labute approximate surface area is 702 Å². The Balaban J connectivity index is 0.000000668.